The third-order valence-electron chi connectivity index (χ3n) is 2.18. The molecule has 1 aliphatic rings. The standard InChI is InChI=1S/C10H6BrF2NO3/c11-5-1-7(13)8(2-6(5)12)14-9(15)3-17-4-10(14)16/h1-2H,3-4H2. The lowest BCUT2D eigenvalue weighted by atomic mass is 10.2. The molecule has 1 saturated heterocycles. The Morgan fingerprint density at radius 3 is 2.29 bits per heavy atom. The van der Waals surface area contributed by atoms with E-state index in [1.54, 1.807) is 0 Å². The van der Waals surface area contributed by atoms with Crippen molar-refractivity contribution in [3.8, 4) is 0 Å². The molecule has 90 valence electrons. The van der Waals surface area contributed by atoms with Crippen LogP contribution in [0.3, 0.4) is 0 Å². The van der Waals surface area contributed by atoms with E-state index in [1.165, 1.54) is 0 Å². The zero-order valence-corrected chi connectivity index (χ0v) is 9.96. The van der Waals surface area contributed by atoms with Crippen LogP contribution >= 0.6 is 15.9 Å². The molecule has 0 bridgehead atoms. The molecular formula is C10H6BrF2NO3. The maximum atomic E-state index is 13.6. The average Bonchev–Trinajstić information content (AvgIpc) is 2.25. The van der Waals surface area contributed by atoms with E-state index in [9.17, 15) is 18.4 Å². The number of amides is 2. The number of rotatable bonds is 1. The van der Waals surface area contributed by atoms with Crippen LogP contribution < -0.4 is 4.90 Å². The number of imide groups is 1. The molecular weight excluding hydrogens is 300 g/mol. The van der Waals surface area contributed by atoms with Crippen LogP contribution in [0.5, 0.6) is 0 Å². The third-order valence-corrected chi connectivity index (χ3v) is 2.79. The van der Waals surface area contributed by atoms with E-state index in [1.807, 2.05) is 0 Å². The fourth-order valence-corrected chi connectivity index (χ4v) is 1.76. The third kappa shape index (κ3) is 2.20. The Morgan fingerprint density at radius 2 is 1.71 bits per heavy atom. The molecule has 1 heterocycles. The van der Waals surface area contributed by atoms with Crippen LogP contribution in [0.2, 0.25) is 0 Å². The molecule has 0 unspecified atom stereocenters. The summed E-state index contributed by atoms with van der Waals surface area (Å²) >= 11 is 2.81. The minimum atomic E-state index is -0.859. The highest BCUT2D eigenvalue weighted by Crippen LogP contribution is 2.27. The predicted molar refractivity (Wildman–Crippen MR) is 57.4 cm³/mol. The normalized spacial score (nSPS) is 16.5. The SMILES string of the molecule is O=C1COCC(=O)N1c1cc(F)c(Br)cc1F. The number of carbonyl (C=O) groups is 2. The molecule has 7 heteroatoms. The monoisotopic (exact) mass is 305 g/mol. The minimum absolute atomic E-state index is 0.0769. The lowest BCUT2D eigenvalue weighted by Crippen LogP contribution is -2.46. The molecule has 1 aliphatic heterocycles. The zero-order valence-electron chi connectivity index (χ0n) is 8.37. The van der Waals surface area contributed by atoms with Crippen LogP contribution in [0, 0.1) is 11.6 Å². The molecule has 4 nitrogen and oxygen atoms in total. The summed E-state index contributed by atoms with van der Waals surface area (Å²) in [4.78, 5) is 23.5. The van der Waals surface area contributed by atoms with Crippen LogP contribution in [-0.4, -0.2) is 25.0 Å². The number of nitrogens with zero attached hydrogens (tertiary/aromatic N) is 1. The van der Waals surface area contributed by atoms with Gasteiger partial charge < -0.3 is 4.74 Å². The van der Waals surface area contributed by atoms with Crippen LogP contribution in [0.15, 0.2) is 16.6 Å². The van der Waals surface area contributed by atoms with Crippen molar-refractivity contribution in [2.24, 2.45) is 0 Å². The van der Waals surface area contributed by atoms with Crippen molar-refractivity contribution in [2.45, 2.75) is 0 Å². The molecule has 0 N–H and O–H groups in total. The molecule has 1 aromatic carbocycles. The van der Waals surface area contributed by atoms with Crippen molar-refractivity contribution < 1.29 is 23.1 Å². The van der Waals surface area contributed by atoms with Gasteiger partial charge in [-0.2, -0.15) is 0 Å². The summed E-state index contributed by atoms with van der Waals surface area (Å²) in [6.45, 7) is -0.661. The second kappa shape index (κ2) is 4.50. The first kappa shape index (κ1) is 12.1. The molecule has 17 heavy (non-hydrogen) atoms. The zero-order chi connectivity index (χ0) is 12.6. The fourth-order valence-electron chi connectivity index (χ4n) is 1.45. The van der Waals surface area contributed by atoms with Crippen LogP contribution in [0.1, 0.15) is 0 Å². The van der Waals surface area contributed by atoms with Crippen molar-refractivity contribution in [1.29, 1.82) is 0 Å². The first-order valence-electron chi connectivity index (χ1n) is 4.59. The summed E-state index contributed by atoms with van der Waals surface area (Å²) in [5.41, 5.74) is -0.399. The highest BCUT2D eigenvalue weighted by Gasteiger charge is 2.30. The van der Waals surface area contributed by atoms with E-state index < -0.39 is 29.1 Å². The van der Waals surface area contributed by atoms with Gasteiger partial charge >= 0.3 is 0 Å². The number of halogens is 3. The fraction of sp³-hybridized carbons (Fsp3) is 0.200. The maximum absolute atomic E-state index is 13.6. The van der Waals surface area contributed by atoms with Gasteiger partial charge in [-0.25, -0.2) is 13.7 Å². The van der Waals surface area contributed by atoms with Gasteiger partial charge in [0.15, 0.2) is 0 Å². The molecule has 0 radical (unpaired) electrons. The van der Waals surface area contributed by atoms with E-state index in [0.717, 1.165) is 12.1 Å². The summed E-state index contributed by atoms with van der Waals surface area (Å²) in [6, 6.07) is 1.65. The smallest absolute Gasteiger partial charge is 0.259 e. The lowest BCUT2D eigenvalue weighted by molar-refractivity contribution is -0.138. The molecule has 0 aliphatic carbocycles. The first-order chi connectivity index (χ1) is 8.00. The number of hydrogen-bond donors (Lipinski definition) is 0. The Hall–Kier alpha value is -1.34. The van der Waals surface area contributed by atoms with Gasteiger partial charge in [0.05, 0.1) is 10.2 Å². The largest absolute Gasteiger partial charge is 0.362 e. The topological polar surface area (TPSA) is 46.6 Å². The average molecular weight is 306 g/mol. The van der Waals surface area contributed by atoms with Gasteiger partial charge in [-0.3, -0.25) is 9.59 Å². The van der Waals surface area contributed by atoms with Crippen molar-refractivity contribution in [3.05, 3.63) is 28.2 Å². The highest BCUT2D eigenvalue weighted by atomic mass is 79.9. The number of ether oxygens (including phenoxy) is 1. The quantitative estimate of drug-likeness (QED) is 0.585. The van der Waals surface area contributed by atoms with Crippen LogP contribution in [0.25, 0.3) is 0 Å². The van der Waals surface area contributed by atoms with E-state index in [2.05, 4.69) is 20.7 Å². The van der Waals surface area contributed by atoms with Crippen molar-refractivity contribution in [2.75, 3.05) is 18.1 Å². The van der Waals surface area contributed by atoms with E-state index in [0.29, 0.717) is 4.90 Å². The molecule has 0 aromatic heterocycles. The Labute approximate surface area is 103 Å². The molecule has 2 rings (SSSR count). The number of hydrogen-bond acceptors (Lipinski definition) is 3. The van der Waals surface area contributed by atoms with Gasteiger partial charge in [0.25, 0.3) is 11.8 Å². The Morgan fingerprint density at radius 1 is 1.12 bits per heavy atom. The molecule has 0 spiro atoms. The summed E-state index contributed by atoms with van der Waals surface area (Å²) in [5.74, 6) is -3.06. The Bertz CT molecular complexity index is 491. The van der Waals surface area contributed by atoms with Crippen LogP contribution in [0.4, 0.5) is 14.5 Å². The lowest BCUT2D eigenvalue weighted by Gasteiger charge is -2.25. The summed E-state index contributed by atoms with van der Waals surface area (Å²) < 4.78 is 31.4. The molecule has 2 amide bonds. The van der Waals surface area contributed by atoms with Crippen molar-refractivity contribution in [1.82, 2.24) is 0 Å². The van der Waals surface area contributed by atoms with E-state index >= 15 is 0 Å². The number of carbonyl (C=O) groups excluding carboxylic acids is 2. The Balaban J connectivity index is 2.48. The van der Waals surface area contributed by atoms with Gasteiger partial charge in [-0.1, -0.05) is 0 Å². The van der Waals surface area contributed by atoms with Gasteiger partial charge in [0.1, 0.15) is 24.8 Å². The number of morpholine rings is 1. The second-order valence-electron chi connectivity index (χ2n) is 3.33. The molecule has 0 saturated carbocycles. The second-order valence-corrected chi connectivity index (χ2v) is 4.19. The summed E-state index contributed by atoms with van der Waals surface area (Å²) in [6.07, 6.45) is 0. The van der Waals surface area contributed by atoms with Crippen molar-refractivity contribution >= 4 is 33.4 Å². The van der Waals surface area contributed by atoms with E-state index in [-0.39, 0.29) is 17.7 Å². The first-order valence-corrected chi connectivity index (χ1v) is 5.38. The Kier molecular flexibility index (Phi) is 3.21. The molecule has 1 fully saturated rings. The van der Waals surface area contributed by atoms with Gasteiger partial charge in [-0.15, -0.1) is 0 Å². The van der Waals surface area contributed by atoms with Gasteiger partial charge in [0, 0.05) is 6.07 Å². The van der Waals surface area contributed by atoms with Gasteiger partial charge in [-0.05, 0) is 22.0 Å². The molecule has 1 aromatic rings. The minimum Gasteiger partial charge on any atom is -0.362 e. The molecule has 0 atom stereocenters. The van der Waals surface area contributed by atoms with Crippen molar-refractivity contribution in [3.63, 3.8) is 0 Å². The highest BCUT2D eigenvalue weighted by molar-refractivity contribution is 9.10. The predicted octanol–water partition coefficient (Wildman–Crippen LogP) is 1.62. The van der Waals surface area contributed by atoms with Crippen LogP contribution in [-0.2, 0) is 14.3 Å². The summed E-state index contributed by atoms with van der Waals surface area (Å²) in [5, 5.41) is 0. The maximum Gasteiger partial charge on any atom is 0.259 e. The number of benzene rings is 1. The van der Waals surface area contributed by atoms with E-state index in [4.69, 9.17) is 0 Å². The van der Waals surface area contributed by atoms with Gasteiger partial charge in [0.2, 0.25) is 0 Å². The number of anilines is 1. The summed E-state index contributed by atoms with van der Waals surface area (Å²) in [7, 11) is 0.